The van der Waals surface area contributed by atoms with Crippen LogP contribution >= 0.6 is 0 Å². The number of piperidine rings is 1. The lowest BCUT2D eigenvalue weighted by molar-refractivity contribution is -0.134. The Kier molecular flexibility index (Phi) is 6.34. The predicted octanol–water partition coefficient (Wildman–Crippen LogP) is 3.19. The van der Waals surface area contributed by atoms with Gasteiger partial charge < -0.3 is 10.2 Å². The Morgan fingerprint density at radius 2 is 1.65 bits per heavy atom. The van der Waals surface area contributed by atoms with Gasteiger partial charge in [-0.25, -0.2) is 0 Å². The van der Waals surface area contributed by atoms with E-state index in [1.807, 2.05) is 4.90 Å². The van der Waals surface area contributed by atoms with Gasteiger partial charge in [-0.15, -0.1) is 0 Å². The SMILES string of the molecule is CCN(CC)C(=O)C1CC(C2CCCCCC2)CCN1. The Morgan fingerprint density at radius 1 is 1.00 bits per heavy atom. The number of hydrogen-bond donors (Lipinski definition) is 1. The van der Waals surface area contributed by atoms with Crippen LogP contribution in [0.1, 0.15) is 65.2 Å². The lowest BCUT2D eigenvalue weighted by Crippen LogP contribution is -2.51. The van der Waals surface area contributed by atoms with Gasteiger partial charge in [0.05, 0.1) is 6.04 Å². The monoisotopic (exact) mass is 280 g/mol. The summed E-state index contributed by atoms with van der Waals surface area (Å²) in [6.07, 6.45) is 10.8. The number of nitrogens with zero attached hydrogens (tertiary/aromatic N) is 1. The lowest BCUT2D eigenvalue weighted by atomic mass is 9.78. The molecule has 3 nitrogen and oxygen atoms in total. The van der Waals surface area contributed by atoms with Crippen LogP contribution in [0.15, 0.2) is 0 Å². The van der Waals surface area contributed by atoms with Crippen molar-refractivity contribution in [2.75, 3.05) is 19.6 Å². The minimum absolute atomic E-state index is 0.0805. The van der Waals surface area contributed by atoms with Crippen molar-refractivity contribution < 1.29 is 4.79 Å². The van der Waals surface area contributed by atoms with E-state index in [4.69, 9.17) is 0 Å². The molecule has 1 aliphatic carbocycles. The van der Waals surface area contributed by atoms with Gasteiger partial charge in [0.2, 0.25) is 5.91 Å². The fourth-order valence-corrected chi connectivity index (χ4v) is 4.10. The summed E-state index contributed by atoms with van der Waals surface area (Å²) in [6.45, 7) is 6.85. The largest absolute Gasteiger partial charge is 0.342 e. The van der Waals surface area contributed by atoms with Crippen LogP contribution in [-0.2, 0) is 4.79 Å². The van der Waals surface area contributed by atoms with Crippen LogP contribution < -0.4 is 5.32 Å². The highest BCUT2D eigenvalue weighted by Crippen LogP contribution is 2.34. The predicted molar refractivity (Wildman–Crippen MR) is 83.6 cm³/mol. The highest BCUT2D eigenvalue weighted by atomic mass is 16.2. The molecule has 2 unspecified atom stereocenters. The molecule has 1 saturated heterocycles. The molecular formula is C17H32N2O. The Morgan fingerprint density at radius 3 is 2.25 bits per heavy atom. The number of carbonyl (C=O) groups excluding carboxylic acids is 1. The molecular weight excluding hydrogens is 248 g/mol. The number of rotatable bonds is 4. The molecule has 0 radical (unpaired) electrons. The summed E-state index contributed by atoms with van der Waals surface area (Å²) in [5, 5.41) is 3.46. The van der Waals surface area contributed by atoms with E-state index < -0.39 is 0 Å². The van der Waals surface area contributed by atoms with Crippen molar-refractivity contribution in [3.8, 4) is 0 Å². The molecule has 1 N–H and O–H groups in total. The number of nitrogens with one attached hydrogen (secondary N) is 1. The number of hydrogen-bond acceptors (Lipinski definition) is 2. The Balaban J connectivity index is 1.91. The molecule has 0 spiro atoms. The zero-order valence-electron chi connectivity index (χ0n) is 13.4. The van der Waals surface area contributed by atoms with Crippen LogP contribution in [0.3, 0.4) is 0 Å². The molecule has 1 aliphatic heterocycles. The van der Waals surface area contributed by atoms with Gasteiger partial charge in [-0.1, -0.05) is 38.5 Å². The van der Waals surface area contributed by atoms with Gasteiger partial charge in [-0.05, 0) is 45.1 Å². The average Bonchev–Trinajstić information content (AvgIpc) is 2.77. The third kappa shape index (κ3) is 3.97. The molecule has 1 amide bonds. The normalized spacial score (nSPS) is 28.9. The maximum Gasteiger partial charge on any atom is 0.239 e. The molecule has 2 fully saturated rings. The Hall–Kier alpha value is -0.570. The summed E-state index contributed by atoms with van der Waals surface area (Å²) < 4.78 is 0. The molecule has 0 aromatic carbocycles. The third-order valence-corrected chi connectivity index (χ3v) is 5.38. The van der Waals surface area contributed by atoms with E-state index in [1.165, 1.54) is 44.9 Å². The summed E-state index contributed by atoms with van der Waals surface area (Å²) in [4.78, 5) is 14.5. The van der Waals surface area contributed by atoms with E-state index in [0.29, 0.717) is 5.91 Å². The smallest absolute Gasteiger partial charge is 0.239 e. The van der Waals surface area contributed by atoms with Crippen LogP contribution in [0.25, 0.3) is 0 Å². The van der Waals surface area contributed by atoms with E-state index in [2.05, 4.69) is 19.2 Å². The van der Waals surface area contributed by atoms with Gasteiger partial charge in [0, 0.05) is 13.1 Å². The van der Waals surface area contributed by atoms with Crippen molar-refractivity contribution in [3.05, 3.63) is 0 Å². The molecule has 0 bridgehead atoms. The van der Waals surface area contributed by atoms with Crippen molar-refractivity contribution in [3.63, 3.8) is 0 Å². The third-order valence-electron chi connectivity index (χ3n) is 5.38. The number of likely N-dealkylation sites (N-methyl/N-ethyl adjacent to an activating group) is 1. The zero-order chi connectivity index (χ0) is 14.4. The maximum atomic E-state index is 12.5. The standard InChI is InChI=1S/C17H32N2O/c1-3-19(4-2)17(20)16-13-15(11-12-18-16)14-9-7-5-6-8-10-14/h14-16,18H,3-13H2,1-2H3. The Labute approximate surface area is 124 Å². The van der Waals surface area contributed by atoms with E-state index >= 15 is 0 Å². The van der Waals surface area contributed by atoms with Gasteiger partial charge in [0.15, 0.2) is 0 Å². The first-order valence-electron chi connectivity index (χ1n) is 8.78. The molecule has 2 rings (SSSR count). The van der Waals surface area contributed by atoms with E-state index in [9.17, 15) is 4.79 Å². The first-order chi connectivity index (χ1) is 9.76. The summed E-state index contributed by atoms with van der Waals surface area (Å²) in [7, 11) is 0. The maximum absolute atomic E-state index is 12.5. The highest BCUT2D eigenvalue weighted by molar-refractivity contribution is 5.82. The van der Waals surface area contributed by atoms with Crippen molar-refractivity contribution >= 4 is 5.91 Å². The Bertz CT molecular complexity index is 293. The summed E-state index contributed by atoms with van der Waals surface area (Å²) >= 11 is 0. The first-order valence-corrected chi connectivity index (χ1v) is 8.78. The van der Waals surface area contributed by atoms with Crippen LogP contribution in [0.5, 0.6) is 0 Å². The number of carbonyl (C=O) groups is 1. The quantitative estimate of drug-likeness (QED) is 0.802. The summed E-state index contributed by atoms with van der Waals surface area (Å²) in [5.74, 6) is 1.98. The zero-order valence-corrected chi connectivity index (χ0v) is 13.4. The van der Waals surface area contributed by atoms with Crippen molar-refractivity contribution in [2.24, 2.45) is 11.8 Å². The van der Waals surface area contributed by atoms with Crippen molar-refractivity contribution in [2.45, 2.75) is 71.3 Å². The fraction of sp³-hybridized carbons (Fsp3) is 0.941. The van der Waals surface area contributed by atoms with E-state index in [0.717, 1.165) is 37.9 Å². The fourth-order valence-electron chi connectivity index (χ4n) is 4.10. The van der Waals surface area contributed by atoms with Crippen LogP contribution in [-0.4, -0.2) is 36.5 Å². The average molecular weight is 280 g/mol. The molecule has 3 heteroatoms. The summed E-state index contributed by atoms with van der Waals surface area (Å²) in [6, 6.07) is 0.0805. The van der Waals surface area contributed by atoms with Gasteiger partial charge in [-0.3, -0.25) is 4.79 Å². The minimum atomic E-state index is 0.0805. The topological polar surface area (TPSA) is 32.3 Å². The molecule has 2 aliphatic rings. The second kappa shape index (κ2) is 8.02. The first kappa shape index (κ1) is 15.8. The lowest BCUT2D eigenvalue weighted by Gasteiger charge is -2.36. The van der Waals surface area contributed by atoms with Crippen molar-refractivity contribution in [1.82, 2.24) is 10.2 Å². The molecule has 0 aromatic rings. The minimum Gasteiger partial charge on any atom is -0.342 e. The van der Waals surface area contributed by atoms with Gasteiger partial charge in [0.25, 0.3) is 0 Å². The van der Waals surface area contributed by atoms with E-state index in [-0.39, 0.29) is 6.04 Å². The summed E-state index contributed by atoms with van der Waals surface area (Å²) in [5.41, 5.74) is 0. The molecule has 1 heterocycles. The molecule has 2 atom stereocenters. The van der Waals surface area contributed by atoms with Crippen LogP contribution in [0.2, 0.25) is 0 Å². The van der Waals surface area contributed by atoms with Crippen molar-refractivity contribution in [1.29, 1.82) is 0 Å². The second-order valence-electron chi connectivity index (χ2n) is 6.55. The highest BCUT2D eigenvalue weighted by Gasteiger charge is 2.33. The van der Waals surface area contributed by atoms with Gasteiger partial charge in [-0.2, -0.15) is 0 Å². The number of amides is 1. The van der Waals surface area contributed by atoms with Crippen LogP contribution in [0.4, 0.5) is 0 Å². The second-order valence-corrected chi connectivity index (χ2v) is 6.55. The van der Waals surface area contributed by atoms with Gasteiger partial charge >= 0.3 is 0 Å². The molecule has 1 saturated carbocycles. The molecule has 0 aromatic heterocycles. The molecule has 20 heavy (non-hydrogen) atoms. The van der Waals surface area contributed by atoms with Gasteiger partial charge in [0.1, 0.15) is 0 Å². The van der Waals surface area contributed by atoms with E-state index in [1.54, 1.807) is 0 Å². The van der Waals surface area contributed by atoms with Crippen LogP contribution in [0, 0.1) is 11.8 Å². The molecule has 116 valence electrons.